The standard InChI is InChI=1S/C18H19N5O3S/c1-11-14(12(2)23-17(19-11)21-18(22-23)27-3)9-16(25)26-10-15(24)20-13-7-5-4-6-8-13/h4-8H,9-10H2,1-3H3,(H,20,24). The Kier molecular flexibility index (Phi) is 5.70. The zero-order valence-electron chi connectivity index (χ0n) is 15.2. The van der Waals surface area contributed by atoms with Gasteiger partial charge in [-0.2, -0.15) is 4.98 Å². The van der Waals surface area contributed by atoms with Crippen molar-refractivity contribution in [1.29, 1.82) is 0 Å². The lowest BCUT2D eigenvalue weighted by atomic mass is 10.1. The molecule has 0 spiro atoms. The second kappa shape index (κ2) is 8.17. The van der Waals surface area contributed by atoms with E-state index < -0.39 is 11.9 Å². The summed E-state index contributed by atoms with van der Waals surface area (Å²) in [6.45, 7) is 3.32. The van der Waals surface area contributed by atoms with Crippen LogP contribution in [0.1, 0.15) is 17.0 Å². The first kappa shape index (κ1) is 18.8. The van der Waals surface area contributed by atoms with Gasteiger partial charge in [-0.1, -0.05) is 30.0 Å². The third kappa shape index (κ3) is 4.43. The summed E-state index contributed by atoms with van der Waals surface area (Å²) < 4.78 is 6.71. The van der Waals surface area contributed by atoms with Crippen molar-refractivity contribution in [2.75, 3.05) is 18.2 Å². The quantitative estimate of drug-likeness (QED) is 0.513. The van der Waals surface area contributed by atoms with E-state index in [1.165, 1.54) is 11.8 Å². The van der Waals surface area contributed by atoms with Gasteiger partial charge in [0.25, 0.3) is 11.7 Å². The van der Waals surface area contributed by atoms with Gasteiger partial charge < -0.3 is 10.1 Å². The van der Waals surface area contributed by atoms with Gasteiger partial charge in [0.1, 0.15) is 0 Å². The molecule has 0 unspecified atom stereocenters. The molecule has 2 aromatic heterocycles. The highest BCUT2D eigenvalue weighted by Crippen LogP contribution is 2.17. The van der Waals surface area contributed by atoms with Crippen LogP contribution >= 0.6 is 11.8 Å². The van der Waals surface area contributed by atoms with Gasteiger partial charge in [0, 0.05) is 22.6 Å². The zero-order valence-corrected chi connectivity index (χ0v) is 16.0. The Morgan fingerprint density at radius 1 is 1.19 bits per heavy atom. The second-order valence-electron chi connectivity index (χ2n) is 5.82. The van der Waals surface area contributed by atoms with Crippen LogP contribution in [0.3, 0.4) is 0 Å². The van der Waals surface area contributed by atoms with Gasteiger partial charge >= 0.3 is 5.97 Å². The lowest BCUT2D eigenvalue weighted by Crippen LogP contribution is -2.22. The number of nitrogens with one attached hydrogen (secondary N) is 1. The van der Waals surface area contributed by atoms with Crippen LogP contribution in [0.15, 0.2) is 35.5 Å². The smallest absolute Gasteiger partial charge is 0.310 e. The van der Waals surface area contributed by atoms with Crippen LogP contribution < -0.4 is 5.32 Å². The van der Waals surface area contributed by atoms with Crippen LogP contribution in [0.2, 0.25) is 0 Å². The first-order chi connectivity index (χ1) is 13.0. The number of thioether (sulfide) groups is 1. The lowest BCUT2D eigenvalue weighted by Gasteiger charge is -2.10. The fourth-order valence-electron chi connectivity index (χ4n) is 2.59. The summed E-state index contributed by atoms with van der Waals surface area (Å²) in [5, 5.41) is 7.63. The Morgan fingerprint density at radius 3 is 2.63 bits per heavy atom. The maximum Gasteiger partial charge on any atom is 0.310 e. The van der Waals surface area contributed by atoms with Crippen LogP contribution in [0.4, 0.5) is 5.69 Å². The van der Waals surface area contributed by atoms with E-state index in [1.54, 1.807) is 16.6 Å². The molecule has 0 aliphatic rings. The summed E-state index contributed by atoms with van der Waals surface area (Å²) >= 11 is 1.42. The normalized spacial score (nSPS) is 10.8. The van der Waals surface area contributed by atoms with Crippen LogP contribution in [0.5, 0.6) is 0 Å². The highest BCUT2D eigenvalue weighted by molar-refractivity contribution is 7.98. The number of aromatic nitrogens is 4. The van der Waals surface area contributed by atoms with E-state index in [1.807, 2.05) is 38.3 Å². The summed E-state index contributed by atoms with van der Waals surface area (Å²) in [7, 11) is 0. The van der Waals surface area contributed by atoms with Gasteiger partial charge in [-0.3, -0.25) is 9.59 Å². The number of hydrogen-bond donors (Lipinski definition) is 1. The minimum absolute atomic E-state index is 0.00762. The number of nitrogens with zero attached hydrogens (tertiary/aromatic N) is 4. The number of benzene rings is 1. The predicted octanol–water partition coefficient (Wildman–Crippen LogP) is 2.19. The molecular weight excluding hydrogens is 366 g/mol. The van der Waals surface area contributed by atoms with Crippen LogP contribution in [-0.4, -0.2) is 44.3 Å². The average molecular weight is 385 g/mol. The number of aryl methyl sites for hydroxylation is 2. The molecule has 1 amide bonds. The topological polar surface area (TPSA) is 98.5 Å². The number of rotatable bonds is 6. The SMILES string of the molecule is CSc1nc2nc(C)c(CC(=O)OCC(=O)Nc3ccccc3)c(C)n2n1. The predicted molar refractivity (Wildman–Crippen MR) is 102 cm³/mol. The number of esters is 1. The molecule has 9 heteroatoms. The van der Waals surface area contributed by atoms with E-state index in [2.05, 4.69) is 20.4 Å². The molecule has 1 aromatic carbocycles. The molecule has 0 atom stereocenters. The number of fused-ring (bicyclic) bond motifs is 1. The summed E-state index contributed by atoms with van der Waals surface area (Å²) in [6.07, 6.45) is 1.89. The van der Waals surface area contributed by atoms with Crippen molar-refractivity contribution < 1.29 is 14.3 Å². The molecule has 3 aromatic rings. The van der Waals surface area contributed by atoms with E-state index in [9.17, 15) is 9.59 Å². The average Bonchev–Trinajstić information content (AvgIpc) is 3.07. The second-order valence-corrected chi connectivity index (χ2v) is 6.60. The van der Waals surface area contributed by atoms with Crippen molar-refractivity contribution in [2.24, 2.45) is 0 Å². The van der Waals surface area contributed by atoms with E-state index >= 15 is 0 Å². The van der Waals surface area contributed by atoms with Gasteiger partial charge in [-0.15, -0.1) is 5.10 Å². The molecule has 0 radical (unpaired) electrons. The minimum atomic E-state index is -0.504. The molecule has 3 rings (SSSR count). The molecule has 2 heterocycles. The van der Waals surface area contributed by atoms with Crippen molar-refractivity contribution in [1.82, 2.24) is 19.6 Å². The minimum Gasteiger partial charge on any atom is -0.455 e. The highest BCUT2D eigenvalue weighted by Gasteiger charge is 2.17. The maximum absolute atomic E-state index is 12.2. The van der Waals surface area contributed by atoms with Crippen molar-refractivity contribution in [3.05, 3.63) is 47.3 Å². The van der Waals surface area contributed by atoms with Crippen molar-refractivity contribution in [2.45, 2.75) is 25.4 Å². The van der Waals surface area contributed by atoms with E-state index in [-0.39, 0.29) is 13.0 Å². The van der Waals surface area contributed by atoms with Crippen molar-refractivity contribution >= 4 is 35.1 Å². The third-order valence-corrected chi connectivity index (χ3v) is 4.49. The molecule has 27 heavy (non-hydrogen) atoms. The number of hydrogen-bond acceptors (Lipinski definition) is 7. The van der Waals surface area contributed by atoms with Crippen molar-refractivity contribution in [3.63, 3.8) is 0 Å². The largest absolute Gasteiger partial charge is 0.455 e. The van der Waals surface area contributed by atoms with Gasteiger partial charge in [-0.05, 0) is 32.2 Å². The number of ether oxygens (including phenoxy) is 1. The van der Waals surface area contributed by atoms with Crippen LogP contribution in [0.25, 0.3) is 5.78 Å². The highest BCUT2D eigenvalue weighted by atomic mass is 32.2. The molecule has 0 aliphatic heterocycles. The molecular formula is C18H19N5O3S. The summed E-state index contributed by atoms with van der Waals surface area (Å²) in [4.78, 5) is 32.8. The number of carbonyl (C=O) groups excluding carboxylic acids is 2. The number of anilines is 1. The summed E-state index contributed by atoms with van der Waals surface area (Å²) in [6, 6.07) is 8.98. The molecule has 140 valence electrons. The summed E-state index contributed by atoms with van der Waals surface area (Å²) in [5.41, 5.74) is 2.82. The summed E-state index contributed by atoms with van der Waals surface area (Å²) in [5.74, 6) is -0.401. The Morgan fingerprint density at radius 2 is 1.93 bits per heavy atom. The Bertz CT molecular complexity index is 988. The van der Waals surface area contributed by atoms with Gasteiger partial charge in [-0.25, -0.2) is 9.50 Å². The van der Waals surface area contributed by atoms with E-state index in [0.717, 1.165) is 5.69 Å². The Balaban J connectivity index is 1.64. The van der Waals surface area contributed by atoms with E-state index in [4.69, 9.17) is 4.74 Å². The molecule has 0 saturated heterocycles. The van der Waals surface area contributed by atoms with Crippen LogP contribution in [-0.2, 0) is 20.7 Å². The molecule has 8 nitrogen and oxygen atoms in total. The first-order valence-electron chi connectivity index (χ1n) is 8.25. The third-order valence-electron chi connectivity index (χ3n) is 3.95. The maximum atomic E-state index is 12.2. The van der Waals surface area contributed by atoms with Gasteiger partial charge in [0.05, 0.1) is 6.42 Å². The van der Waals surface area contributed by atoms with Crippen molar-refractivity contribution in [3.8, 4) is 0 Å². The van der Waals surface area contributed by atoms with Gasteiger partial charge in [0.2, 0.25) is 5.16 Å². The first-order valence-corrected chi connectivity index (χ1v) is 9.47. The van der Waals surface area contributed by atoms with E-state index in [0.29, 0.717) is 27.9 Å². The van der Waals surface area contributed by atoms with Gasteiger partial charge in [0.15, 0.2) is 6.61 Å². The number of para-hydroxylation sites is 1. The molecule has 1 N–H and O–H groups in total. The number of amides is 1. The zero-order chi connectivity index (χ0) is 19.4. The molecule has 0 saturated carbocycles. The van der Waals surface area contributed by atoms with Crippen LogP contribution in [0, 0.1) is 13.8 Å². The Labute approximate surface area is 160 Å². The fraction of sp³-hybridized carbons (Fsp3) is 0.278. The monoisotopic (exact) mass is 385 g/mol. The molecule has 0 bridgehead atoms. The fourth-order valence-corrected chi connectivity index (χ4v) is 2.93. The number of carbonyl (C=O) groups is 2. The molecule has 0 fully saturated rings. The lowest BCUT2D eigenvalue weighted by molar-refractivity contribution is -0.146. The Hall–Kier alpha value is -2.94. The molecule has 0 aliphatic carbocycles.